The van der Waals surface area contributed by atoms with Crippen molar-refractivity contribution in [1.82, 2.24) is 44.4 Å². The first-order valence-electron chi connectivity index (χ1n) is 34.9. The molecule has 3 aromatic heterocycles. The molecule has 29 heteroatoms. The van der Waals surface area contributed by atoms with Crippen LogP contribution < -0.4 is 16.2 Å². The lowest BCUT2D eigenvalue weighted by molar-refractivity contribution is -0.108. The Morgan fingerprint density at radius 1 is 0.486 bits per heavy atom. The number of nitrogens with zero attached hydrogens (tertiary/aromatic N) is 7. The Hall–Kier alpha value is -6.42. The number of piperidine rings is 2. The van der Waals surface area contributed by atoms with Gasteiger partial charge in [-0.15, -0.1) is 0 Å². The third-order valence-corrected chi connectivity index (χ3v) is 23.8. The molecule has 6 N–H and O–H groups in total. The molecule has 6 aliphatic rings. The molecule has 0 bridgehead atoms. The van der Waals surface area contributed by atoms with Crippen molar-refractivity contribution in [3.8, 4) is 0 Å². The van der Waals surface area contributed by atoms with Crippen LogP contribution in [0, 0.1) is 49.2 Å². The fraction of sp³-hybridized carbons (Fsp3) is 0.359. The number of aliphatic hydroxyl groups excluding tert-OH is 2. The van der Waals surface area contributed by atoms with Gasteiger partial charge in [-0.25, -0.2) is 31.3 Å². The maximum absolute atomic E-state index is 14.6. The Bertz CT molecular complexity index is 4900. The minimum Gasteiger partial charge on any atom is -0.389 e. The van der Waals surface area contributed by atoms with Crippen molar-refractivity contribution in [2.45, 2.75) is 99.7 Å². The predicted molar refractivity (Wildman–Crippen MR) is 428 cm³/mol. The smallest absolute Gasteiger partial charge is 0.255 e. The largest absolute Gasteiger partial charge is 0.389 e. The summed E-state index contributed by atoms with van der Waals surface area (Å²) >= 11 is 9.58. The summed E-state index contributed by atoms with van der Waals surface area (Å²) in [5.74, 6) is -4.62. The summed E-state index contributed by atoms with van der Waals surface area (Å²) in [6.45, 7) is 3.97. The molecule has 15 rings (SSSR count). The number of β-amino-alcohol motifs (C(OH)–C–C–N with tert-alkyl or cyclic N) is 4. The van der Waals surface area contributed by atoms with Gasteiger partial charge >= 0.3 is 0 Å². The molecule has 18 nitrogen and oxygen atoms in total. The number of rotatable bonds is 14. The first kappa shape index (κ1) is 80.1. The molecule has 2 atom stereocenters. The molecule has 4 amide bonds. The summed E-state index contributed by atoms with van der Waals surface area (Å²) in [7, 11) is 3.48. The molecule has 0 spiro atoms. The molecule has 0 radical (unpaired) electrons. The van der Waals surface area contributed by atoms with E-state index in [1.807, 2.05) is 86.4 Å². The summed E-state index contributed by atoms with van der Waals surface area (Å²) in [5, 5.41) is 51.0. The molecular formula is C78H77F6I4N9O9S. The third kappa shape index (κ3) is 18.6. The lowest BCUT2D eigenvalue weighted by atomic mass is 9.81. The number of carbonyl (C=O) groups excluding carboxylic acids is 4. The summed E-state index contributed by atoms with van der Waals surface area (Å²) in [5.41, 5.74) is 4.73. The number of pyridine rings is 1. The molecule has 2 unspecified atom stereocenters. The molecule has 6 saturated heterocycles. The van der Waals surface area contributed by atoms with Crippen LogP contribution >= 0.6 is 102 Å². The van der Waals surface area contributed by atoms with Crippen molar-refractivity contribution < 1.29 is 65.9 Å². The SMILES string of the molecule is Cn1cc(C(=O)N2CC(O)(C3CCCCN3)C2)c(Cc2ccc(I)cc2F)cc1=O.Cn1cnc2cc(Cc3ccc(I)cc3F)c(C(=O)N3CC(O)(C4CCCCN4)C3)cc21.O=C(c1ccc(F)c(F)c1Cc1ccc(I)cc1F)N1CC(O)C1.O=C(c1cscc1Cc1ccc(I)cc1F)N1CC(O)C1. The molecule has 0 saturated carbocycles. The van der Waals surface area contributed by atoms with E-state index in [2.05, 4.69) is 60.8 Å². The topological polar surface area (TPSA) is 226 Å². The van der Waals surface area contributed by atoms with Crippen LogP contribution in [0.25, 0.3) is 11.0 Å². The van der Waals surface area contributed by atoms with Gasteiger partial charge in [0, 0.05) is 127 Å². The number of hydrogen-bond donors (Lipinski definition) is 6. The van der Waals surface area contributed by atoms with Crippen LogP contribution in [0.4, 0.5) is 26.3 Å². The first-order chi connectivity index (χ1) is 51.0. The molecule has 9 aromatic rings. The number of amides is 4. The van der Waals surface area contributed by atoms with Gasteiger partial charge in [0.15, 0.2) is 11.6 Å². The Morgan fingerprint density at radius 2 is 0.916 bits per heavy atom. The van der Waals surface area contributed by atoms with Crippen LogP contribution in [0.1, 0.15) is 124 Å². The Morgan fingerprint density at radius 3 is 1.36 bits per heavy atom. The van der Waals surface area contributed by atoms with E-state index in [9.17, 15) is 70.7 Å². The van der Waals surface area contributed by atoms with E-state index in [0.717, 1.165) is 90.6 Å². The lowest BCUT2D eigenvalue weighted by Gasteiger charge is -2.51. The predicted octanol–water partition coefficient (Wildman–Crippen LogP) is 11.3. The zero-order chi connectivity index (χ0) is 76.3. The number of halogens is 10. The van der Waals surface area contributed by atoms with Gasteiger partial charge in [0.25, 0.3) is 29.2 Å². The highest BCUT2D eigenvalue weighted by molar-refractivity contribution is 14.1. The van der Waals surface area contributed by atoms with E-state index in [4.69, 9.17) is 0 Å². The van der Waals surface area contributed by atoms with Gasteiger partial charge in [-0.1, -0.05) is 37.1 Å². The number of nitrogens with one attached hydrogen (secondary N) is 2. The average molecular weight is 1940 g/mol. The Kier molecular flexibility index (Phi) is 25.8. The number of thiophene rings is 1. The second-order valence-electron chi connectivity index (χ2n) is 28.1. The average Bonchev–Trinajstić information content (AvgIpc) is 1.71. The van der Waals surface area contributed by atoms with Gasteiger partial charge < -0.3 is 59.8 Å². The fourth-order valence-corrected chi connectivity index (χ4v) is 16.8. The normalized spacial score (nSPS) is 18.1. The van der Waals surface area contributed by atoms with Crippen LogP contribution in [0.3, 0.4) is 0 Å². The highest BCUT2D eigenvalue weighted by Crippen LogP contribution is 2.35. The van der Waals surface area contributed by atoms with Crippen molar-refractivity contribution in [3.63, 3.8) is 0 Å². The molecule has 564 valence electrons. The number of likely N-dealkylation sites (tertiary alicyclic amines) is 4. The Labute approximate surface area is 672 Å². The summed E-state index contributed by atoms with van der Waals surface area (Å²) in [6, 6.07) is 26.8. The van der Waals surface area contributed by atoms with Crippen molar-refractivity contribution in [3.05, 3.63) is 253 Å². The second-order valence-corrected chi connectivity index (χ2v) is 33.9. The van der Waals surface area contributed by atoms with Crippen molar-refractivity contribution >= 4 is 136 Å². The van der Waals surface area contributed by atoms with Crippen LogP contribution in [-0.2, 0) is 39.8 Å². The standard InChI is InChI=1S/C24H26FIN4O2.C22H25FIN3O3.C17H13F3INO2.C15H13FINO2S/c1-29-14-28-20-9-16(8-15-5-6-17(26)10-19(15)25)18(11-21(20)29)23(31)30-12-24(32,13-30)22-4-2-3-7-27-22;1-26-11-17(15(9-20(26)28)8-14-5-6-16(24)10-18(14)23)21(29)27-12-22(30,13-27)19-4-2-3-7-25-19;18-14-4-3-12(17(24)22-7-11(23)8-22)13(16(14)20)5-9-1-2-10(21)6-15(9)19;16-14-4-11(17)2-1-9(14)3-10-7-21-8-13(10)15(20)18-5-12(19)6-18/h5-6,9-11,14,22,27,32H,2-4,7-8,12-13H2,1H3;5-6,9-11,19,25,30H,2-4,7-8,12-13H2,1H3;1-4,6,11,23H,5,7-8H2;1-2,4,7-8,12,19H,3,5-6H2. The van der Waals surface area contributed by atoms with Crippen LogP contribution in [0.2, 0.25) is 0 Å². The van der Waals surface area contributed by atoms with Crippen LogP contribution in [0.15, 0.2) is 131 Å². The minimum absolute atomic E-state index is 0.00390. The molecule has 107 heavy (non-hydrogen) atoms. The third-order valence-electron chi connectivity index (χ3n) is 20.3. The van der Waals surface area contributed by atoms with E-state index in [-0.39, 0.29) is 109 Å². The summed E-state index contributed by atoms with van der Waals surface area (Å²) < 4.78 is 91.2. The Balaban J connectivity index is 0.000000135. The van der Waals surface area contributed by atoms with E-state index in [1.165, 1.54) is 69.5 Å². The van der Waals surface area contributed by atoms with E-state index in [0.29, 0.717) is 81.5 Å². The van der Waals surface area contributed by atoms with Gasteiger partial charge in [0.2, 0.25) is 0 Å². The number of fused-ring (bicyclic) bond motifs is 1. The highest BCUT2D eigenvalue weighted by Gasteiger charge is 2.51. The van der Waals surface area contributed by atoms with Gasteiger partial charge in [-0.05, 0) is 246 Å². The van der Waals surface area contributed by atoms with E-state index < -0.39 is 46.8 Å². The monoisotopic (exact) mass is 1940 g/mol. The zero-order valence-corrected chi connectivity index (χ0v) is 67.7. The van der Waals surface area contributed by atoms with Crippen molar-refractivity contribution in [2.75, 3.05) is 65.4 Å². The second kappa shape index (κ2) is 34.5. The quantitative estimate of drug-likeness (QED) is 0.0442. The maximum Gasteiger partial charge on any atom is 0.255 e. The number of imidazole rings is 1. The highest BCUT2D eigenvalue weighted by atomic mass is 127. The number of carbonyl (C=O) groups is 4. The number of benzene rings is 6. The van der Waals surface area contributed by atoms with Gasteiger partial charge in [0.1, 0.15) is 34.5 Å². The molecular weight excluding hydrogens is 1860 g/mol. The maximum atomic E-state index is 14.6. The van der Waals surface area contributed by atoms with Gasteiger partial charge in [-0.3, -0.25) is 24.0 Å². The van der Waals surface area contributed by atoms with Crippen LogP contribution in [0.5, 0.6) is 0 Å². The fourth-order valence-electron chi connectivity index (χ4n) is 14.2. The number of aromatic nitrogens is 3. The zero-order valence-electron chi connectivity index (χ0n) is 58.2. The minimum atomic E-state index is -1.15. The molecule has 6 aliphatic heterocycles. The first-order valence-corrected chi connectivity index (χ1v) is 40.1. The molecule has 6 fully saturated rings. The van der Waals surface area contributed by atoms with E-state index >= 15 is 0 Å². The molecule has 9 heterocycles. The summed E-state index contributed by atoms with van der Waals surface area (Å²) in [6.07, 6.45) is 9.06. The van der Waals surface area contributed by atoms with E-state index in [1.54, 1.807) is 63.8 Å². The molecule has 6 aromatic carbocycles. The summed E-state index contributed by atoms with van der Waals surface area (Å²) in [4.78, 5) is 74.3. The van der Waals surface area contributed by atoms with Crippen molar-refractivity contribution in [2.24, 2.45) is 14.1 Å². The number of aliphatic hydroxyl groups is 4. The number of aryl methyl sites for hydroxylation is 2. The molecule has 0 aliphatic carbocycles. The van der Waals surface area contributed by atoms with Crippen LogP contribution in [-0.4, -0.2) is 179 Å². The number of hydrogen-bond acceptors (Lipinski definition) is 13. The van der Waals surface area contributed by atoms with Gasteiger partial charge in [0.05, 0.1) is 66.9 Å². The lowest BCUT2D eigenvalue weighted by Crippen LogP contribution is -2.72. The van der Waals surface area contributed by atoms with Crippen molar-refractivity contribution in [1.29, 1.82) is 0 Å². The van der Waals surface area contributed by atoms with Gasteiger partial charge in [-0.2, -0.15) is 11.3 Å².